The monoisotopic (exact) mass is 470 g/mol. The van der Waals surface area contributed by atoms with Crippen LogP contribution >= 0.6 is 0 Å². The summed E-state index contributed by atoms with van der Waals surface area (Å²) in [6, 6.07) is 8.03. The Kier molecular flexibility index (Phi) is 15.9. The van der Waals surface area contributed by atoms with Crippen molar-refractivity contribution in [1.82, 2.24) is 9.97 Å². The van der Waals surface area contributed by atoms with Crippen molar-refractivity contribution in [1.29, 1.82) is 0 Å². The van der Waals surface area contributed by atoms with E-state index in [0.29, 0.717) is 18.2 Å². The highest BCUT2D eigenvalue weighted by Crippen LogP contribution is 2.21. The van der Waals surface area contributed by atoms with Crippen LogP contribution in [0.5, 0.6) is 11.5 Å². The van der Waals surface area contributed by atoms with Gasteiger partial charge in [0.25, 0.3) is 0 Å². The fourth-order valence-electron chi connectivity index (χ4n) is 3.69. The van der Waals surface area contributed by atoms with Crippen LogP contribution in [-0.4, -0.2) is 36.4 Å². The molecular weight excluding hydrogens is 424 g/mol. The smallest absolute Gasteiger partial charge is 0.159 e. The van der Waals surface area contributed by atoms with Crippen LogP contribution in [0.2, 0.25) is 0 Å². The molecule has 34 heavy (non-hydrogen) atoms. The zero-order valence-electron chi connectivity index (χ0n) is 21.6. The lowest BCUT2D eigenvalue weighted by Gasteiger charge is -2.08. The van der Waals surface area contributed by atoms with Crippen molar-refractivity contribution in [2.75, 3.05) is 26.4 Å². The Morgan fingerprint density at radius 3 is 1.68 bits per heavy atom. The second-order valence-electron chi connectivity index (χ2n) is 8.97. The van der Waals surface area contributed by atoms with Crippen LogP contribution in [0.15, 0.2) is 36.7 Å². The number of benzene rings is 1. The molecule has 5 nitrogen and oxygen atoms in total. The van der Waals surface area contributed by atoms with Gasteiger partial charge in [-0.15, -0.1) is 0 Å². The minimum atomic E-state index is 0.658. The van der Waals surface area contributed by atoms with Crippen LogP contribution in [0.4, 0.5) is 0 Å². The van der Waals surface area contributed by atoms with Crippen molar-refractivity contribution >= 4 is 0 Å². The van der Waals surface area contributed by atoms with E-state index < -0.39 is 0 Å². The SMILES string of the molecule is CCCCCCCCCCCOc1ccc(-c2ncc(OCCCCOCCCC)cn2)cc1. The number of unbranched alkanes of at least 4 members (excludes halogenated alkanes) is 10. The fraction of sp³-hybridized carbons (Fsp3) is 0.655. The van der Waals surface area contributed by atoms with Gasteiger partial charge in [0, 0.05) is 18.8 Å². The molecule has 0 bridgehead atoms. The largest absolute Gasteiger partial charge is 0.494 e. The summed E-state index contributed by atoms with van der Waals surface area (Å²) in [6.45, 7) is 7.54. The van der Waals surface area contributed by atoms with Crippen LogP contribution in [0.3, 0.4) is 0 Å². The van der Waals surface area contributed by atoms with Crippen molar-refractivity contribution in [2.45, 2.75) is 97.3 Å². The number of ether oxygens (including phenoxy) is 3. The molecule has 0 saturated carbocycles. The van der Waals surface area contributed by atoms with Crippen molar-refractivity contribution in [3.63, 3.8) is 0 Å². The third-order valence-corrected chi connectivity index (χ3v) is 5.85. The summed E-state index contributed by atoms with van der Waals surface area (Å²) in [5.41, 5.74) is 0.978. The first-order valence-electron chi connectivity index (χ1n) is 13.6. The third-order valence-electron chi connectivity index (χ3n) is 5.85. The van der Waals surface area contributed by atoms with E-state index in [0.717, 1.165) is 56.8 Å². The first-order valence-corrected chi connectivity index (χ1v) is 13.6. The van der Waals surface area contributed by atoms with Gasteiger partial charge in [-0.25, -0.2) is 9.97 Å². The van der Waals surface area contributed by atoms with E-state index in [-0.39, 0.29) is 0 Å². The van der Waals surface area contributed by atoms with Crippen LogP contribution in [0, 0.1) is 0 Å². The summed E-state index contributed by atoms with van der Waals surface area (Å²) >= 11 is 0. The Morgan fingerprint density at radius 2 is 1.03 bits per heavy atom. The Balaban J connectivity index is 1.56. The number of hydrogen-bond acceptors (Lipinski definition) is 5. The molecular formula is C29H46N2O3. The van der Waals surface area contributed by atoms with E-state index in [2.05, 4.69) is 23.8 Å². The van der Waals surface area contributed by atoms with Gasteiger partial charge >= 0.3 is 0 Å². The lowest BCUT2D eigenvalue weighted by molar-refractivity contribution is 0.123. The molecule has 190 valence electrons. The molecule has 1 aromatic heterocycles. The molecule has 0 aliphatic heterocycles. The van der Waals surface area contributed by atoms with Crippen LogP contribution in [0.1, 0.15) is 97.3 Å². The third kappa shape index (κ3) is 12.9. The predicted molar refractivity (Wildman–Crippen MR) is 141 cm³/mol. The van der Waals surface area contributed by atoms with Gasteiger partial charge in [-0.05, 0) is 49.9 Å². The zero-order chi connectivity index (χ0) is 24.1. The summed E-state index contributed by atoms with van der Waals surface area (Å²) in [6.07, 6.45) is 19.7. The maximum Gasteiger partial charge on any atom is 0.159 e. The Bertz CT molecular complexity index is 719. The van der Waals surface area contributed by atoms with Gasteiger partial charge in [0.05, 0.1) is 25.6 Å². The topological polar surface area (TPSA) is 53.5 Å². The standard InChI is InChI=1S/C29H46N2O3/c1-3-5-7-8-9-10-11-12-13-22-33-27-18-16-26(17-19-27)29-30-24-28(25-31-29)34-23-15-14-21-32-20-6-4-2/h16-19,24-25H,3-15,20-23H2,1-2H3. The molecule has 0 unspecified atom stereocenters. The Labute approximate surface area is 207 Å². The minimum Gasteiger partial charge on any atom is -0.494 e. The van der Waals surface area contributed by atoms with Crippen LogP contribution in [0.25, 0.3) is 11.4 Å². The highest BCUT2D eigenvalue weighted by Gasteiger charge is 2.03. The summed E-state index contributed by atoms with van der Waals surface area (Å²) in [7, 11) is 0. The van der Waals surface area contributed by atoms with E-state index >= 15 is 0 Å². The molecule has 0 aliphatic carbocycles. The van der Waals surface area contributed by atoms with Gasteiger partial charge in [0.1, 0.15) is 5.75 Å². The molecule has 0 amide bonds. The second-order valence-corrected chi connectivity index (χ2v) is 8.97. The van der Waals surface area contributed by atoms with Crippen molar-refractivity contribution < 1.29 is 14.2 Å². The predicted octanol–water partition coefficient (Wildman–Crippen LogP) is 8.03. The summed E-state index contributed by atoms with van der Waals surface area (Å²) < 4.78 is 17.2. The lowest BCUT2D eigenvalue weighted by Crippen LogP contribution is -2.02. The molecule has 0 radical (unpaired) electrons. The molecule has 0 atom stereocenters. The second kappa shape index (κ2) is 19.2. The molecule has 5 heteroatoms. The van der Waals surface area contributed by atoms with Gasteiger partial charge in [0.2, 0.25) is 0 Å². The van der Waals surface area contributed by atoms with Gasteiger partial charge in [0.15, 0.2) is 11.6 Å². The van der Waals surface area contributed by atoms with Gasteiger partial charge in [-0.3, -0.25) is 0 Å². The van der Waals surface area contributed by atoms with E-state index in [1.165, 1.54) is 57.8 Å². The average Bonchev–Trinajstić information content (AvgIpc) is 2.87. The van der Waals surface area contributed by atoms with E-state index in [9.17, 15) is 0 Å². The molecule has 1 aromatic carbocycles. The van der Waals surface area contributed by atoms with Crippen molar-refractivity contribution in [3.8, 4) is 22.9 Å². The maximum absolute atomic E-state index is 5.90. The summed E-state index contributed by atoms with van der Waals surface area (Å²) in [4.78, 5) is 8.91. The van der Waals surface area contributed by atoms with Crippen molar-refractivity contribution in [2.24, 2.45) is 0 Å². The Hall–Kier alpha value is -2.14. The quantitative estimate of drug-likeness (QED) is 0.173. The molecule has 2 aromatic rings. The molecule has 0 fully saturated rings. The molecule has 0 saturated heterocycles. The highest BCUT2D eigenvalue weighted by molar-refractivity contribution is 5.56. The van der Waals surface area contributed by atoms with E-state index in [1.807, 2.05) is 24.3 Å². The number of aromatic nitrogens is 2. The first-order chi connectivity index (χ1) is 16.8. The average molecular weight is 471 g/mol. The fourth-order valence-corrected chi connectivity index (χ4v) is 3.69. The molecule has 0 N–H and O–H groups in total. The molecule has 1 heterocycles. The van der Waals surface area contributed by atoms with E-state index in [4.69, 9.17) is 14.2 Å². The summed E-state index contributed by atoms with van der Waals surface area (Å²) in [5.74, 6) is 2.31. The minimum absolute atomic E-state index is 0.658. The molecule has 2 rings (SSSR count). The summed E-state index contributed by atoms with van der Waals surface area (Å²) in [5, 5.41) is 0. The number of hydrogen-bond donors (Lipinski definition) is 0. The van der Waals surface area contributed by atoms with Gasteiger partial charge in [-0.1, -0.05) is 71.6 Å². The lowest BCUT2D eigenvalue weighted by atomic mass is 10.1. The van der Waals surface area contributed by atoms with Crippen molar-refractivity contribution in [3.05, 3.63) is 36.7 Å². The number of nitrogens with zero attached hydrogens (tertiary/aromatic N) is 2. The van der Waals surface area contributed by atoms with Crippen LogP contribution in [-0.2, 0) is 4.74 Å². The normalized spacial score (nSPS) is 11.0. The highest BCUT2D eigenvalue weighted by atomic mass is 16.5. The zero-order valence-corrected chi connectivity index (χ0v) is 21.6. The first kappa shape index (κ1) is 28.1. The van der Waals surface area contributed by atoms with Gasteiger partial charge in [-0.2, -0.15) is 0 Å². The van der Waals surface area contributed by atoms with Crippen LogP contribution < -0.4 is 9.47 Å². The maximum atomic E-state index is 5.90. The molecule has 0 spiro atoms. The Morgan fingerprint density at radius 1 is 0.529 bits per heavy atom. The van der Waals surface area contributed by atoms with Gasteiger partial charge < -0.3 is 14.2 Å². The van der Waals surface area contributed by atoms with E-state index in [1.54, 1.807) is 12.4 Å². The number of rotatable bonds is 21. The molecule has 0 aliphatic rings.